The lowest BCUT2D eigenvalue weighted by molar-refractivity contribution is -0.147. The molecule has 18 heavy (non-hydrogen) atoms. The molecule has 0 spiro atoms. The number of imide groups is 1. The summed E-state index contributed by atoms with van der Waals surface area (Å²) in [6.07, 6.45) is 0.402. The first-order chi connectivity index (χ1) is 8.22. The van der Waals surface area contributed by atoms with Gasteiger partial charge in [0.2, 0.25) is 11.8 Å². The molecule has 0 radical (unpaired) electrons. The van der Waals surface area contributed by atoms with E-state index in [1.54, 1.807) is 14.0 Å². The molecule has 1 saturated heterocycles. The van der Waals surface area contributed by atoms with Gasteiger partial charge >= 0.3 is 0 Å². The third-order valence-electron chi connectivity index (χ3n) is 4.24. The minimum atomic E-state index is -1.08. The Morgan fingerprint density at radius 1 is 1.33 bits per heavy atom. The Labute approximate surface area is 107 Å². The number of hydrogen-bond acceptors (Lipinski definition) is 4. The Bertz CT molecular complexity index is 364. The van der Waals surface area contributed by atoms with Crippen LogP contribution >= 0.6 is 0 Å². The van der Waals surface area contributed by atoms with Gasteiger partial charge in [-0.1, -0.05) is 13.8 Å². The summed E-state index contributed by atoms with van der Waals surface area (Å²) in [6.45, 7) is 5.98. The van der Waals surface area contributed by atoms with Gasteiger partial charge in [-0.2, -0.15) is 0 Å². The predicted molar refractivity (Wildman–Crippen MR) is 64.6 cm³/mol. The van der Waals surface area contributed by atoms with Crippen molar-refractivity contribution in [1.29, 1.82) is 0 Å². The van der Waals surface area contributed by atoms with Crippen LogP contribution < -0.4 is 0 Å². The van der Waals surface area contributed by atoms with E-state index in [1.165, 1.54) is 4.90 Å². The fraction of sp³-hybridized carbons (Fsp3) is 0.846. The normalized spacial score (nSPS) is 32.4. The van der Waals surface area contributed by atoms with E-state index in [9.17, 15) is 14.7 Å². The Morgan fingerprint density at radius 3 is 2.28 bits per heavy atom. The number of carbonyl (C=O) groups is 2. The number of β-amino-alcohol motifs (C(OH)–C–C–N with tert-alkyl or cyclic N) is 1. The number of hydrogen-bond donors (Lipinski definition) is 1. The number of amides is 2. The van der Waals surface area contributed by atoms with Gasteiger partial charge in [-0.05, 0) is 12.3 Å². The minimum absolute atomic E-state index is 0.0666. The molecule has 1 saturated carbocycles. The fourth-order valence-electron chi connectivity index (χ4n) is 2.90. The molecule has 0 aromatic carbocycles. The fourth-order valence-corrected chi connectivity index (χ4v) is 2.90. The zero-order chi connectivity index (χ0) is 13.7. The summed E-state index contributed by atoms with van der Waals surface area (Å²) in [6, 6.07) is 0. The van der Waals surface area contributed by atoms with Gasteiger partial charge in [-0.3, -0.25) is 14.5 Å². The van der Waals surface area contributed by atoms with Crippen molar-refractivity contribution >= 4 is 11.8 Å². The Balaban J connectivity index is 2.01. The van der Waals surface area contributed by atoms with E-state index < -0.39 is 5.60 Å². The minimum Gasteiger partial charge on any atom is -0.388 e. The van der Waals surface area contributed by atoms with Crippen molar-refractivity contribution in [1.82, 2.24) is 4.90 Å². The monoisotopic (exact) mass is 255 g/mol. The summed E-state index contributed by atoms with van der Waals surface area (Å²) in [5, 5.41) is 10.1. The van der Waals surface area contributed by atoms with E-state index in [0.717, 1.165) is 0 Å². The molecular formula is C13H21NO4. The van der Waals surface area contributed by atoms with Gasteiger partial charge in [0.25, 0.3) is 0 Å². The molecule has 0 aromatic rings. The lowest BCUT2D eigenvalue weighted by Crippen LogP contribution is -2.46. The second-order valence-electron chi connectivity index (χ2n) is 6.28. The van der Waals surface area contributed by atoms with Crippen molar-refractivity contribution in [3.8, 4) is 0 Å². The highest BCUT2D eigenvalue weighted by Crippen LogP contribution is 2.63. The van der Waals surface area contributed by atoms with Crippen LogP contribution in [0.1, 0.15) is 27.2 Å². The lowest BCUT2D eigenvalue weighted by atomic mass is 10.00. The molecule has 1 heterocycles. The Kier molecular flexibility index (Phi) is 3.02. The molecule has 3 unspecified atom stereocenters. The summed E-state index contributed by atoms with van der Waals surface area (Å²) in [5.41, 5.74) is -1.27. The van der Waals surface area contributed by atoms with Gasteiger partial charge < -0.3 is 9.84 Å². The molecule has 0 aromatic heterocycles. The summed E-state index contributed by atoms with van der Waals surface area (Å²) in [7, 11) is 1.56. The van der Waals surface area contributed by atoms with Crippen LogP contribution in [0, 0.1) is 17.3 Å². The van der Waals surface area contributed by atoms with Gasteiger partial charge in [0.1, 0.15) is 0 Å². The van der Waals surface area contributed by atoms with Crippen LogP contribution in [0.2, 0.25) is 0 Å². The first kappa shape index (κ1) is 13.5. The van der Waals surface area contributed by atoms with E-state index in [2.05, 4.69) is 0 Å². The standard InChI is InChI=1S/C13H21NO4/c1-12(2)8-9(12)11(16)14(10(8)15)7-13(3,17)5-6-18-4/h8-9,17H,5-7H2,1-4H3. The number of rotatable bonds is 5. The average molecular weight is 255 g/mol. The molecule has 2 aliphatic rings. The van der Waals surface area contributed by atoms with Crippen molar-refractivity contribution in [2.75, 3.05) is 20.3 Å². The van der Waals surface area contributed by atoms with Crippen LogP contribution in [-0.2, 0) is 14.3 Å². The largest absolute Gasteiger partial charge is 0.388 e. The first-order valence-corrected chi connectivity index (χ1v) is 6.29. The SMILES string of the molecule is COCCC(C)(O)CN1C(=O)C2C(C1=O)C2(C)C. The van der Waals surface area contributed by atoms with Crippen molar-refractivity contribution in [3.63, 3.8) is 0 Å². The van der Waals surface area contributed by atoms with Gasteiger partial charge in [0.15, 0.2) is 0 Å². The molecule has 1 aliphatic heterocycles. The van der Waals surface area contributed by atoms with Crippen LogP contribution in [0.15, 0.2) is 0 Å². The Hall–Kier alpha value is -0.940. The van der Waals surface area contributed by atoms with E-state index >= 15 is 0 Å². The second-order valence-corrected chi connectivity index (χ2v) is 6.28. The van der Waals surface area contributed by atoms with Gasteiger partial charge in [0.05, 0.1) is 24.0 Å². The number of fused-ring (bicyclic) bond motifs is 1. The number of ether oxygens (including phenoxy) is 1. The number of methoxy groups -OCH3 is 1. The maximum Gasteiger partial charge on any atom is 0.233 e. The summed E-state index contributed by atoms with van der Waals surface area (Å²) in [5.74, 6) is -0.619. The van der Waals surface area contributed by atoms with Crippen LogP contribution in [0.5, 0.6) is 0 Å². The maximum absolute atomic E-state index is 12.1. The predicted octanol–water partition coefficient (Wildman–Crippen LogP) is 0.415. The molecule has 2 fully saturated rings. The third kappa shape index (κ3) is 1.95. The van der Waals surface area contributed by atoms with Crippen LogP contribution in [0.3, 0.4) is 0 Å². The zero-order valence-electron chi connectivity index (χ0n) is 11.4. The first-order valence-electron chi connectivity index (χ1n) is 6.29. The molecule has 1 N–H and O–H groups in total. The molecule has 5 nitrogen and oxygen atoms in total. The highest BCUT2D eigenvalue weighted by molar-refractivity contribution is 6.10. The number of carbonyl (C=O) groups excluding carboxylic acids is 2. The molecule has 1 aliphatic carbocycles. The topological polar surface area (TPSA) is 66.8 Å². The third-order valence-corrected chi connectivity index (χ3v) is 4.24. The lowest BCUT2D eigenvalue weighted by Gasteiger charge is -2.29. The number of aliphatic hydroxyl groups is 1. The van der Waals surface area contributed by atoms with Crippen LogP contribution in [-0.4, -0.2) is 47.7 Å². The zero-order valence-corrected chi connectivity index (χ0v) is 11.4. The summed E-state index contributed by atoms with van der Waals surface area (Å²) >= 11 is 0. The highest BCUT2D eigenvalue weighted by atomic mass is 16.5. The van der Waals surface area contributed by atoms with Gasteiger partial charge in [-0.25, -0.2) is 0 Å². The second kappa shape index (κ2) is 4.03. The van der Waals surface area contributed by atoms with Crippen LogP contribution in [0.4, 0.5) is 0 Å². The quantitative estimate of drug-likeness (QED) is 0.723. The maximum atomic E-state index is 12.1. The summed E-state index contributed by atoms with van der Waals surface area (Å²) < 4.78 is 4.91. The molecule has 102 valence electrons. The molecule has 5 heteroatoms. The van der Waals surface area contributed by atoms with E-state index in [0.29, 0.717) is 13.0 Å². The van der Waals surface area contributed by atoms with Crippen molar-refractivity contribution < 1.29 is 19.4 Å². The summed E-state index contributed by atoms with van der Waals surface area (Å²) in [4.78, 5) is 25.4. The molecule has 2 amide bonds. The Morgan fingerprint density at radius 2 is 1.83 bits per heavy atom. The van der Waals surface area contributed by atoms with Gasteiger partial charge in [-0.15, -0.1) is 0 Å². The van der Waals surface area contributed by atoms with Crippen LogP contribution in [0.25, 0.3) is 0 Å². The molecule has 2 rings (SSSR count). The van der Waals surface area contributed by atoms with Crippen molar-refractivity contribution in [2.45, 2.75) is 32.8 Å². The van der Waals surface area contributed by atoms with Crippen molar-refractivity contribution in [2.24, 2.45) is 17.3 Å². The molecule has 0 bridgehead atoms. The number of piperidine rings is 1. The van der Waals surface area contributed by atoms with E-state index in [-0.39, 0.29) is 35.6 Å². The number of nitrogens with zero attached hydrogens (tertiary/aromatic N) is 1. The highest BCUT2D eigenvalue weighted by Gasteiger charge is 2.72. The number of likely N-dealkylation sites (tertiary alicyclic amines) is 1. The van der Waals surface area contributed by atoms with E-state index in [1.807, 2.05) is 13.8 Å². The average Bonchev–Trinajstić information content (AvgIpc) is 2.74. The van der Waals surface area contributed by atoms with E-state index in [4.69, 9.17) is 4.74 Å². The van der Waals surface area contributed by atoms with Crippen molar-refractivity contribution in [3.05, 3.63) is 0 Å². The smallest absolute Gasteiger partial charge is 0.233 e. The van der Waals surface area contributed by atoms with Gasteiger partial charge in [0, 0.05) is 20.1 Å². The molecular weight excluding hydrogens is 234 g/mol. The molecule has 3 atom stereocenters.